The van der Waals surface area contributed by atoms with Gasteiger partial charge < -0.3 is 10.2 Å². The number of fused-ring (bicyclic) bond motifs is 1. The van der Waals surface area contributed by atoms with Crippen molar-refractivity contribution in [2.24, 2.45) is 5.10 Å². The highest BCUT2D eigenvalue weighted by molar-refractivity contribution is 7.89. The van der Waals surface area contributed by atoms with Crippen molar-refractivity contribution in [3.63, 3.8) is 0 Å². The van der Waals surface area contributed by atoms with Crippen molar-refractivity contribution in [3.8, 4) is 11.5 Å². The number of hydrogen-bond donors (Lipinski definition) is 3. The Balaban J connectivity index is 1.29. The smallest absolute Gasteiger partial charge is 0.254 e. The fourth-order valence-electron chi connectivity index (χ4n) is 4.00. The fourth-order valence-corrected chi connectivity index (χ4v) is 4.84. The Bertz CT molecular complexity index is 1330. The van der Waals surface area contributed by atoms with Gasteiger partial charge in [0.1, 0.15) is 0 Å². The molecule has 1 aliphatic heterocycles. The number of carbonyl (C=O) groups is 1. The Kier molecular flexibility index (Phi) is 6.87. The van der Waals surface area contributed by atoms with Crippen LogP contribution in [0.15, 0.2) is 53.8 Å². The third-order valence-electron chi connectivity index (χ3n) is 5.75. The van der Waals surface area contributed by atoms with Gasteiger partial charge in [0, 0.05) is 44.3 Å². The Morgan fingerprint density at radius 1 is 1.06 bits per heavy atom. The maximum Gasteiger partial charge on any atom is 0.254 e. The minimum atomic E-state index is -3.39. The maximum absolute atomic E-state index is 12.2. The minimum Gasteiger partial charge on any atom is -0.504 e. The summed E-state index contributed by atoms with van der Waals surface area (Å²) in [4.78, 5) is 16.5. The van der Waals surface area contributed by atoms with Gasteiger partial charge in [-0.2, -0.15) is 5.10 Å². The van der Waals surface area contributed by atoms with E-state index in [1.54, 1.807) is 12.3 Å². The number of phenols is 2. The van der Waals surface area contributed by atoms with Gasteiger partial charge in [-0.25, -0.2) is 17.8 Å². The van der Waals surface area contributed by atoms with Crippen molar-refractivity contribution < 1.29 is 23.4 Å². The molecule has 1 amide bonds. The molecule has 0 unspecified atom stereocenters. The lowest BCUT2D eigenvalue weighted by molar-refractivity contribution is -0.122. The van der Waals surface area contributed by atoms with E-state index in [2.05, 4.69) is 15.4 Å². The molecule has 1 fully saturated rings. The predicted octanol–water partition coefficient (Wildman–Crippen LogP) is 1.13. The summed E-state index contributed by atoms with van der Waals surface area (Å²) in [5, 5.41) is 23.6. The van der Waals surface area contributed by atoms with Crippen LogP contribution in [-0.2, 0) is 21.4 Å². The number of aromatic nitrogens is 1. The van der Waals surface area contributed by atoms with Crippen LogP contribution in [0.1, 0.15) is 11.1 Å². The van der Waals surface area contributed by atoms with Crippen LogP contribution in [-0.4, -0.2) is 83.5 Å². The van der Waals surface area contributed by atoms with Gasteiger partial charge in [-0.3, -0.25) is 14.6 Å². The molecule has 34 heavy (non-hydrogen) atoms. The van der Waals surface area contributed by atoms with Crippen LogP contribution < -0.4 is 5.43 Å². The van der Waals surface area contributed by atoms with Gasteiger partial charge >= 0.3 is 0 Å². The summed E-state index contributed by atoms with van der Waals surface area (Å²) < 4.78 is 25.6. The number of rotatable bonds is 7. The molecule has 2 heterocycles. The largest absolute Gasteiger partial charge is 0.504 e. The zero-order valence-electron chi connectivity index (χ0n) is 18.8. The molecule has 1 aliphatic rings. The van der Waals surface area contributed by atoms with Crippen LogP contribution >= 0.6 is 0 Å². The summed E-state index contributed by atoms with van der Waals surface area (Å²) in [5.41, 5.74) is 4.65. The van der Waals surface area contributed by atoms with Crippen LogP contribution in [0.25, 0.3) is 10.9 Å². The SMILES string of the molecule is CS(=O)(=O)n1cc(CN2CCN(CC(=O)NN=Cc3ccc(O)c(O)c3)CC2)c2ccccc21. The quantitative estimate of drug-likeness (QED) is 0.260. The molecule has 11 heteroatoms. The number of amides is 1. The zero-order chi connectivity index (χ0) is 24.3. The van der Waals surface area contributed by atoms with E-state index in [4.69, 9.17) is 0 Å². The summed E-state index contributed by atoms with van der Waals surface area (Å²) in [7, 11) is -3.39. The zero-order valence-corrected chi connectivity index (χ0v) is 19.6. The number of hydrogen-bond acceptors (Lipinski definition) is 8. The monoisotopic (exact) mass is 485 g/mol. The van der Waals surface area contributed by atoms with Gasteiger partial charge in [0.05, 0.1) is 24.5 Å². The molecule has 3 N–H and O–H groups in total. The molecule has 1 saturated heterocycles. The highest BCUT2D eigenvalue weighted by Crippen LogP contribution is 2.25. The van der Waals surface area contributed by atoms with Crippen molar-refractivity contribution in [3.05, 3.63) is 59.8 Å². The number of nitrogens with zero attached hydrogens (tertiary/aromatic N) is 4. The number of benzene rings is 2. The number of phenolic OH excluding ortho intramolecular Hbond substituents is 2. The van der Waals surface area contributed by atoms with Gasteiger partial charge in [0.15, 0.2) is 11.5 Å². The first-order valence-corrected chi connectivity index (χ1v) is 12.6. The maximum atomic E-state index is 12.2. The Morgan fingerprint density at radius 3 is 2.47 bits per heavy atom. The van der Waals surface area contributed by atoms with Gasteiger partial charge in [-0.15, -0.1) is 0 Å². The standard InChI is InChI=1S/C23H27N5O5S/c1-34(32,33)28-15-18(19-4-2-3-5-20(19)28)14-26-8-10-27(11-9-26)16-23(31)25-24-13-17-6-7-21(29)22(30)12-17/h2-7,12-13,15,29-30H,8-11,14,16H2,1H3,(H,25,31). The number of piperazine rings is 1. The first-order chi connectivity index (χ1) is 16.2. The molecule has 0 atom stereocenters. The highest BCUT2D eigenvalue weighted by atomic mass is 32.2. The van der Waals surface area contributed by atoms with Gasteiger partial charge in [0.25, 0.3) is 5.91 Å². The molecule has 1 aromatic heterocycles. The minimum absolute atomic E-state index is 0.208. The second-order valence-electron chi connectivity index (χ2n) is 8.32. The third-order valence-corrected chi connectivity index (χ3v) is 6.76. The number of carbonyl (C=O) groups excluding carboxylic acids is 1. The Labute approximate surface area is 197 Å². The lowest BCUT2D eigenvalue weighted by Crippen LogP contribution is -2.48. The van der Waals surface area contributed by atoms with E-state index in [-0.39, 0.29) is 24.0 Å². The van der Waals surface area contributed by atoms with Crippen molar-refractivity contribution in [1.82, 2.24) is 19.2 Å². The van der Waals surface area contributed by atoms with Gasteiger partial charge in [0.2, 0.25) is 10.0 Å². The van der Waals surface area contributed by atoms with E-state index >= 15 is 0 Å². The lowest BCUT2D eigenvalue weighted by atomic mass is 10.1. The van der Waals surface area contributed by atoms with Crippen molar-refractivity contribution in [2.45, 2.75) is 6.54 Å². The number of para-hydroxylation sites is 1. The van der Waals surface area contributed by atoms with Gasteiger partial charge in [-0.05, 0) is 35.4 Å². The second kappa shape index (κ2) is 9.84. The Morgan fingerprint density at radius 2 is 1.76 bits per heavy atom. The van der Waals surface area contributed by atoms with Crippen LogP contribution in [0.3, 0.4) is 0 Å². The number of hydrazone groups is 1. The van der Waals surface area contributed by atoms with Crippen LogP contribution in [0.4, 0.5) is 0 Å². The first-order valence-electron chi connectivity index (χ1n) is 10.8. The molecule has 2 aromatic carbocycles. The molecule has 0 radical (unpaired) electrons. The predicted molar refractivity (Wildman–Crippen MR) is 129 cm³/mol. The lowest BCUT2D eigenvalue weighted by Gasteiger charge is -2.34. The van der Waals surface area contributed by atoms with E-state index in [9.17, 15) is 23.4 Å². The molecule has 3 aromatic rings. The van der Waals surface area contributed by atoms with E-state index in [1.807, 2.05) is 29.2 Å². The molecule has 0 spiro atoms. The normalized spacial score (nSPS) is 15.8. The number of aromatic hydroxyl groups is 2. The number of nitrogens with one attached hydrogen (secondary N) is 1. The summed E-state index contributed by atoms with van der Waals surface area (Å²) >= 11 is 0. The summed E-state index contributed by atoms with van der Waals surface area (Å²) in [6.45, 7) is 3.75. The molecular formula is C23H27N5O5S. The van der Waals surface area contributed by atoms with Crippen molar-refractivity contribution >= 4 is 33.0 Å². The van der Waals surface area contributed by atoms with Crippen molar-refractivity contribution in [1.29, 1.82) is 0 Å². The fraction of sp³-hybridized carbons (Fsp3) is 0.304. The third kappa shape index (κ3) is 5.56. The van der Waals surface area contributed by atoms with Crippen LogP contribution in [0.2, 0.25) is 0 Å². The second-order valence-corrected chi connectivity index (χ2v) is 10.2. The summed E-state index contributed by atoms with van der Waals surface area (Å²) in [6, 6.07) is 11.7. The molecule has 0 saturated carbocycles. The van der Waals surface area contributed by atoms with Gasteiger partial charge in [-0.1, -0.05) is 18.2 Å². The Hall–Kier alpha value is -3.41. The molecule has 0 bridgehead atoms. The summed E-state index contributed by atoms with van der Waals surface area (Å²) in [6.07, 6.45) is 4.29. The van der Waals surface area contributed by atoms with Crippen LogP contribution in [0.5, 0.6) is 11.5 Å². The molecule has 0 aliphatic carbocycles. The van der Waals surface area contributed by atoms with E-state index < -0.39 is 10.0 Å². The topological polar surface area (TPSA) is 127 Å². The van der Waals surface area contributed by atoms with E-state index in [1.165, 1.54) is 28.6 Å². The molecule has 180 valence electrons. The van der Waals surface area contributed by atoms with E-state index in [0.717, 1.165) is 24.0 Å². The molecule has 4 rings (SSSR count). The summed E-state index contributed by atoms with van der Waals surface area (Å²) in [5.74, 6) is -0.723. The highest BCUT2D eigenvalue weighted by Gasteiger charge is 2.21. The molecule has 10 nitrogen and oxygen atoms in total. The average Bonchev–Trinajstić information content (AvgIpc) is 3.17. The van der Waals surface area contributed by atoms with E-state index in [0.29, 0.717) is 30.7 Å². The van der Waals surface area contributed by atoms with Crippen molar-refractivity contribution in [2.75, 3.05) is 39.0 Å². The van der Waals surface area contributed by atoms with Crippen LogP contribution in [0, 0.1) is 0 Å². The first kappa shape index (κ1) is 23.7. The average molecular weight is 486 g/mol. The molecular weight excluding hydrogens is 458 g/mol.